The molecular formula is C15H9F4NO. The number of alkyl halides is 3. The average molecular weight is 295 g/mol. The van der Waals surface area contributed by atoms with Crippen molar-refractivity contribution in [2.24, 2.45) is 4.99 Å². The monoisotopic (exact) mass is 295 g/mol. The van der Waals surface area contributed by atoms with Crippen LogP contribution in [0.2, 0.25) is 0 Å². The first-order chi connectivity index (χ1) is 9.97. The Hall–Kier alpha value is -2.37. The number of halogens is 4. The third-order valence-electron chi connectivity index (χ3n) is 3.16. The highest BCUT2D eigenvalue weighted by Crippen LogP contribution is 2.37. The van der Waals surface area contributed by atoms with E-state index < -0.39 is 23.6 Å². The van der Waals surface area contributed by atoms with Crippen LogP contribution >= 0.6 is 0 Å². The van der Waals surface area contributed by atoms with E-state index in [1.807, 2.05) is 0 Å². The van der Waals surface area contributed by atoms with E-state index in [0.29, 0.717) is 0 Å². The number of rotatable bonds is 1. The van der Waals surface area contributed by atoms with Crippen LogP contribution in [0.5, 0.6) is 0 Å². The van der Waals surface area contributed by atoms with Crippen molar-refractivity contribution >= 4 is 5.90 Å². The van der Waals surface area contributed by atoms with Crippen molar-refractivity contribution in [1.29, 1.82) is 0 Å². The Morgan fingerprint density at radius 3 is 2.62 bits per heavy atom. The number of allylic oxidation sites excluding steroid dienone is 2. The molecule has 0 amide bonds. The minimum Gasteiger partial charge on any atom is -0.446 e. The van der Waals surface area contributed by atoms with Gasteiger partial charge in [-0.1, -0.05) is 30.4 Å². The number of nitrogens with zero attached hydrogens (tertiary/aromatic N) is 1. The predicted octanol–water partition coefficient (Wildman–Crippen LogP) is 3.91. The maximum Gasteiger partial charge on any atom is 0.415 e. The summed E-state index contributed by atoms with van der Waals surface area (Å²) in [4.78, 5) is 3.93. The molecule has 0 bridgehead atoms. The summed E-state index contributed by atoms with van der Waals surface area (Å²) in [6.07, 6.45) is 0.417. The Morgan fingerprint density at radius 2 is 1.90 bits per heavy atom. The number of benzene rings is 1. The second kappa shape index (κ2) is 4.87. The molecule has 108 valence electrons. The third kappa shape index (κ3) is 2.49. The molecule has 21 heavy (non-hydrogen) atoms. The van der Waals surface area contributed by atoms with E-state index >= 15 is 0 Å². The SMILES string of the molecule is Fc1ccccc1C1=NC2C(=CO1)C=CC=C2C(F)(F)F. The molecule has 0 aromatic heterocycles. The fraction of sp³-hybridized carbons (Fsp3) is 0.133. The van der Waals surface area contributed by atoms with Crippen molar-refractivity contribution in [2.75, 3.05) is 0 Å². The summed E-state index contributed by atoms with van der Waals surface area (Å²) in [5.74, 6) is -0.760. The number of aliphatic imine (C=N–C) groups is 1. The van der Waals surface area contributed by atoms with Crippen LogP contribution < -0.4 is 0 Å². The maximum absolute atomic E-state index is 13.7. The Labute approximate surface area is 117 Å². The summed E-state index contributed by atoms with van der Waals surface area (Å²) in [6, 6.07) is 4.42. The van der Waals surface area contributed by atoms with Crippen LogP contribution in [0, 0.1) is 5.82 Å². The molecule has 1 heterocycles. The van der Waals surface area contributed by atoms with Gasteiger partial charge >= 0.3 is 6.18 Å². The van der Waals surface area contributed by atoms with E-state index in [1.165, 1.54) is 36.6 Å². The van der Waals surface area contributed by atoms with Crippen LogP contribution in [-0.4, -0.2) is 18.1 Å². The quantitative estimate of drug-likeness (QED) is 0.720. The highest BCUT2D eigenvalue weighted by atomic mass is 19.4. The second-order valence-corrected chi connectivity index (χ2v) is 4.53. The Bertz CT molecular complexity index is 698. The fourth-order valence-corrected chi connectivity index (χ4v) is 2.16. The van der Waals surface area contributed by atoms with Gasteiger partial charge in [-0.25, -0.2) is 9.38 Å². The van der Waals surface area contributed by atoms with Gasteiger partial charge in [0.05, 0.1) is 17.4 Å². The van der Waals surface area contributed by atoms with Gasteiger partial charge in [0.15, 0.2) is 0 Å². The van der Waals surface area contributed by atoms with Gasteiger partial charge < -0.3 is 4.74 Å². The van der Waals surface area contributed by atoms with E-state index in [4.69, 9.17) is 4.74 Å². The van der Waals surface area contributed by atoms with E-state index in [9.17, 15) is 17.6 Å². The zero-order chi connectivity index (χ0) is 15.0. The molecule has 6 heteroatoms. The maximum atomic E-state index is 13.7. The molecule has 0 spiro atoms. The number of hydrogen-bond donors (Lipinski definition) is 0. The molecule has 1 atom stereocenters. The first-order valence-corrected chi connectivity index (χ1v) is 6.11. The van der Waals surface area contributed by atoms with Gasteiger partial charge in [-0.15, -0.1) is 0 Å². The highest BCUT2D eigenvalue weighted by molar-refractivity contribution is 5.95. The van der Waals surface area contributed by atoms with Crippen LogP contribution in [0.3, 0.4) is 0 Å². The molecule has 1 aromatic carbocycles. The van der Waals surface area contributed by atoms with Gasteiger partial charge in [-0.3, -0.25) is 0 Å². The minimum atomic E-state index is -4.50. The van der Waals surface area contributed by atoms with Gasteiger partial charge in [-0.05, 0) is 12.1 Å². The molecule has 0 fully saturated rings. The molecule has 1 unspecified atom stereocenters. The van der Waals surface area contributed by atoms with Crippen molar-refractivity contribution in [3.05, 3.63) is 71.3 Å². The molecular weight excluding hydrogens is 286 g/mol. The fourth-order valence-electron chi connectivity index (χ4n) is 2.16. The second-order valence-electron chi connectivity index (χ2n) is 4.53. The third-order valence-corrected chi connectivity index (χ3v) is 3.16. The zero-order valence-corrected chi connectivity index (χ0v) is 10.6. The van der Waals surface area contributed by atoms with Crippen LogP contribution in [0.1, 0.15) is 5.56 Å². The van der Waals surface area contributed by atoms with Crippen molar-refractivity contribution < 1.29 is 22.3 Å². The Kier molecular flexibility index (Phi) is 3.16. The Balaban J connectivity index is 2.03. The summed E-state index contributed by atoms with van der Waals surface area (Å²) >= 11 is 0. The lowest BCUT2D eigenvalue weighted by molar-refractivity contribution is -0.0946. The summed E-state index contributed by atoms with van der Waals surface area (Å²) in [5.41, 5.74) is -0.484. The van der Waals surface area contributed by atoms with Gasteiger partial charge in [0.2, 0.25) is 5.90 Å². The van der Waals surface area contributed by atoms with Crippen molar-refractivity contribution in [2.45, 2.75) is 12.2 Å². The molecule has 0 saturated heterocycles. The van der Waals surface area contributed by atoms with Crippen LogP contribution in [0.4, 0.5) is 17.6 Å². The number of ether oxygens (including phenoxy) is 1. The molecule has 1 aromatic rings. The molecule has 0 N–H and O–H groups in total. The van der Waals surface area contributed by atoms with Gasteiger partial charge in [0.25, 0.3) is 0 Å². The molecule has 1 aliphatic carbocycles. The number of hydrogen-bond acceptors (Lipinski definition) is 2. The van der Waals surface area contributed by atoms with Gasteiger partial charge in [-0.2, -0.15) is 13.2 Å². The average Bonchev–Trinajstić information content (AvgIpc) is 2.45. The summed E-state index contributed by atoms with van der Waals surface area (Å²) in [7, 11) is 0. The minimum absolute atomic E-state index is 0.0314. The van der Waals surface area contributed by atoms with E-state index in [2.05, 4.69) is 4.99 Å². The molecule has 0 saturated carbocycles. The van der Waals surface area contributed by atoms with E-state index in [1.54, 1.807) is 6.07 Å². The summed E-state index contributed by atoms with van der Waals surface area (Å²) in [5, 5.41) is 0. The standard InChI is InChI=1S/C15H9F4NO/c16-12-7-2-1-5-10(12)14-20-13-9(8-21-14)4-3-6-11(13)15(17,18)19/h1-8,13H. The molecule has 2 nitrogen and oxygen atoms in total. The van der Waals surface area contributed by atoms with Gasteiger partial charge in [0, 0.05) is 5.57 Å². The summed E-state index contributed by atoms with van der Waals surface area (Å²) in [6.45, 7) is 0. The Morgan fingerprint density at radius 1 is 1.14 bits per heavy atom. The van der Waals surface area contributed by atoms with E-state index in [0.717, 1.165) is 6.08 Å². The van der Waals surface area contributed by atoms with Crippen LogP contribution in [-0.2, 0) is 4.74 Å². The molecule has 3 rings (SSSR count). The molecule has 2 aliphatic rings. The topological polar surface area (TPSA) is 21.6 Å². The molecule has 0 radical (unpaired) electrons. The lowest BCUT2D eigenvalue weighted by Gasteiger charge is -2.26. The first-order valence-electron chi connectivity index (χ1n) is 6.11. The van der Waals surface area contributed by atoms with Crippen molar-refractivity contribution in [1.82, 2.24) is 0 Å². The number of fused-ring (bicyclic) bond motifs is 1. The lowest BCUT2D eigenvalue weighted by atomic mass is 9.94. The van der Waals surface area contributed by atoms with Crippen molar-refractivity contribution in [3.8, 4) is 0 Å². The smallest absolute Gasteiger partial charge is 0.415 e. The lowest BCUT2D eigenvalue weighted by Crippen LogP contribution is -2.29. The van der Waals surface area contributed by atoms with Crippen LogP contribution in [0.25, 0.3) is 0 Å². The largest absolute Gasteiger partial charge is 0.446 e. The van der Waals surface area contributed by atoms with Crippen LogP contribution in [0.15, 0.2) is 64.9 Å². The zero-order valence-electron chi connectivity index (χ0n) is 10.6. The predicted molar refractivity (Wildman–Crippen MR) is 69.2 cm³/mol. The highest BCUT2D eigenvalue weighted by Gasteiger charge is 2.41. The first kappa shape index (κ1) is 13.6. The van der Waals surface area contributed by atoms with E-state index in [-0.39, 0.29) is 17.0 Å². The van der Waals surface area contributed by atoms with Crippen molar-refractivity contribution in [3.63, 3.8) is 0 Å². The summed E-state index contributed by atoms with van der Waals surface area (Å²) < 4.78 is 57.9. The van der Waals surface area contributed by atoms with Gasteiger partial charge in [0.1, 0.15) is 11.9 Å². The normalized spacial score (nSPS) is 21.0. The molecule has 1 aliphatic heterocycles.